The number of aromatic nitrogens is 2. The molecule has 3 fully saturated rings. The molecule has 278 valence electrons. The Morgan fingerprint density at radius 1 is 1.12 bits per heavy atom. The highest BCUT2D eigenvalue weighted by atomic mass is 32.2. The van der Waals surface area contributed by atoms with Crippen LogP contribution in [-0.2, 0) is 24.2 Å². The lowest BCUT2D eigenvalue weighted by atomic mass is 9.92. The van der Waals surface area contributed by atoms with Gasteiger partial charge in [0, 0.05) is 41.9 Å². The molecule has 0 unspecified atom stereocenters. The number of sulfone groups is 1. The number of carbonyl (C=O) groups excluding carboxylic acids is 3. The van der Waals surface area contributed by atoms with Crippen molar-refractivity contribution in [2.24, 2.45) is 17.8 Å². The number of fused-ring (bicyclic) bond motifs is 3. The van der Waals surface area contributed by atoms with Crippen LogP contribution >= 0.6 is 11.3 Å². The molecule has 1 N–H and O–H groups in total. The monoisotopic (exact) mass is 748 g/mol. The predicted molar refractivity (Wildman–Crippen MR) is 200 cm³/mol. The minimum Gasteiger partial charge on any atom is -0.496 e. The molecule has 0 radical (unpaired) electrons. The number of benzene rings is 1. The fourth-order valence-electron chi connectivity index (χ4n) is 7.79. The van der Waals surface area contributed by atoms with Gasteiger partial charge in [-0.2, -0.15) is 0 Å². The normalized spacial score (nSPS) is 27.5. The third-order valence-electron chi connectivity index (χ3n) is 11.2. The van der Waals surface area contributed by atoms with Gasteiger partial charge in [-0.1, -0.05) is 26.0 Å². The lowest BCUT2D eigenvalue weighted by Crippen LogP contribution is -2.51. The number of carbonyl (C=O) groups is 3. The first kappa shape index (κ1) is 36.5. The Labute approximate surface area is 309 Å². The summed E-state index contributed by atoms with van der Waals surface area (Å²) in [5.74, 6) is -1.77. The van der Waals surface area contributed by atoms with Gasteiger partial charge < -0.3 is 19.7 Å². The van der Waals surface area contributed by atoms with Gasteiger partial charge >= 0.3 is 0 Å². The molecule has 13 heteroatoms. The first-order chi connectivity index (χ1) is 24.8. The van der Waals surface area contributed by atoms with Crippen molar-refractivity contribution in [3.05, 3.63) is 47.0 Å². The average molecular weight is 749 g/mol. The quantitative estimate of drug-likeness (QED) is 0.269. The number of ether oxygens (including phenoxy) is 2. The number of aryl methyl sites for hydroxylation is 1. The molecule has 4 aliphatic rings. The van der Waals surface area contributed by atoms with E-state index in [0.717, 1.165) is 40.9 Å². The Bertz CT molecular complexity index is 2040. The SMILES string of the molecule is COc1ccc2c(O[C@@H]3C[C@H]4C(=O)N[C@]5(C(=O)CS(=O)(=O)C6CC6)C[C@H]5/C=C/CCCCN(C)C(=O)[C@@H]4C3)cc(-c3nc(C(C)C)cs3)nc2c1C. The number of hydrogen-bond acceptors (Lipinski definition) is 10. The molecule has 1 aliphatic heterocycles. The summed E-state index contributed by atoms with van der Waals surface area (Å²) in [5.41, 5.74) is 1.93. The molecule has 5 atom stereocenters. The van der Waals surface area contributed by atoms with Crippen LogP contribution in [0.15, 0.2) is 35.7 Å². The highest BCUT2D eigenvalue weighted by Crippen LogP contribution is 2.48. The van der Waals surface area contributed by atoms with Crippen LogP contribution in [0, 0.1) is 24.7 Å². The molecular formula is C39H48N4O7S2. The maximum absolute atomic E-state index is 14.3. The van der Waals surface area contributed by atoms with Crippen molar-refractivity contribution >= 4 is 49.7 Å². The minimum atomic E-state index is -3.58. The Hall–Kier alpha value is -3.84. The number of amides is 2. The third-order valence-corrected chi connectivity index (χ3v) is 14.3. The second-order valence-electron chi connectivity index (χ2n) is 15.3. The summed E-state index contributed by atoms with van der Waals surface area (Å²) in [4.78, 5) is 53.7. The minimum absolute atomic E-state index is 0.132. The summed E-state index contributed by atoms with van der Waals surface area (Å²) in [5, 5.41) is 6.14. The first-order valence-corrected chi connectivity index (χ1v) is 21.0. The Morgan fingerprint density at radius 3 is 2.60 bits per heavy atom. The molecule has 0 saturated heterocycles. The predicted octanol–water partition coefficient (Wildman–Crippen LogP) is 5.79. The van der Waals surface area contributed by atoms with Gasteiger partial charge in [-0.15, -0.1) is 11.3 Å². The number of allylic oxidation sites excluding steroid dienone is 1. The van der Waals surface area contributed by atoms with Crippen LogP contribution in [0.1, 0.15) is 82.4 Å². The maximum Gasteiger partial charge on any atom is 0.226 e. The molecule has 1 aromatic carbocycles. The largest absolute Gasteiger partial charge is 0.496 e. The van der Waals surface area contributed by atoms with Gasteiger partial charge in [0.05, 0.1) is 35.4 Å². The lowest BCUT2D eigenvalue weighted by Gasteiger charge is -2.26. The molecule has 0 bridgehead atoms. The summed E-state index contributed by atoms with van der Waals surface area (Å²) < 4.78 is 38.2. The van der Waals surface area contributed by atoms with Crippen molar-refractivity contribution in [3.63, 3.8) is 0 Å². The van der Waals surface area contributed by atoms with Gasteiger partial charge in [-0.05, 0) is 76.3 Å². The Balaban J connectivity index is 1.21. The van der Waals surface area contributed by atoms with Crippen LogP contribution in [0.3, 0.4) is 0 Å². The zero-order chi connectivity index (χ0) is 36.9. The third kappa shape index (κ3) is 7.10. The number of methoxy groups -OCH3 is 1. The molecule has 7 rings (SSSR count). The zero-order valence-electron chi connectivity index (χ0n) is 30.5. The standard InChI is InChI=1S/C39H48N4O7S2/c1-22(2)31-20-51-37(41-31)30-18-33(27-13-14-32(49-5)23(3)35(27)40-30)50-25-16-28-29(17-25)38(46)43(4)15-9-7-6-8-10-24-19-39(24,42-36(28)45)34(44)21-52(47,48)26-11-12-26/h8,10,13-14,18,20,22,24-26,28-29H,6-7,9,11-12,15-17,19,21H2,1-5H3,(H,42,45)/b10-8+/t24-,25-,28-,29-,39-/m1/s1. The van der Waals surface area contributed by atoms with Gasteiger partial charge in [0.25, 0.3) is 0 Å². The van der Waals surface area contributed by atoms with E-state index in [0.29, 0.717) is 54.9 Å². The molecule has 11 nitrogen and oxygen atoms in total. The van der Waals surface area contributed by atoms with E-state index in [-0.39, 0.29) is 24.2 Å². The summed E-state index contributed by atoms with van der Waals surface area (Å²) in [7, 11) is -0.181. The second-order valence-corrected chi connectivity index (χ2v) is 18.5. The van der Waals surface area contributed by atoms with Gasteiger partial charge in [0.15, 0.2) is 15.6 Å². The smallest absolute Gasteiger partial charge is 0.226 e. The summed E-state index contributed by atoms with van der Waals surface area (Å²) in [6.07, 6.45) is 7.97. The number of Topliss-reactive ketones (excluding diaryl/α,β-unsaturated/α-hetero) is 1. The number of nitrogens with zero attached hydrogens (tertiary/aromatic N) is 3. The number of hydrogen-bond donors (Lipinski definition) is 1. The first-order valence-electron chi connectivity index (χ1n) is 18.4. The number of nitrogens with one attached hydrogen (secondary N) is 1. The van der Waals surface area contributed by atoms with Gasteiger partial charge in [0.2, 0.25) is 11.8 Å². The van der Waals surface area contributed by atoms with Crippen LogP contribution in [-0.4, -0.2) is 84.2 Å². The lowest BCUT2D eigenvalue weighted by molar-refractivity contribution is -0.140. The van der Waals surface area contributed by atoms with E-state index in [1.165, 1.54) is 11.3 Å². The zero-order valence-corrected chi connectivity index (χ0v) is 32.1. The topological polar surface area (TPSA) is 145 Å². The number of ketones is 1. The van der Waals surface area contributed by atoms with Crippen LogP contribution in [0.2, 0.25) is 0 Å². The molecule has 0 spiro atoms. The van der Waals surface area contributed by atoms with E-state index in [2.05, 4.69) is 19.2 Å². The van der Waals surface area contributed by atoms with E-state index in [4.69, 9.17) is 19.4 Å². The Morgan fingerprint density at radius 2 is 1.88 bits per heavy atom. The number of rotatable bonds is 9. The van der Waals surface area contributed by atoms with Crippen LogP contribution in [0.4, 0.5) is 0 Å². The average Bonchev–Trinajstić information content (AvgIpc) is 3.98. The molecule has 3 saturated carbocycles. The van der Waals surface area contributed by atoms with Crippen molar-refractivity contribution in [2.45, 2.75) is 94.9 Å². The van der Waals surface area contributed by atoms with Crippen molar-refractivity contribution in [1.82, 2.24) is 20.2 Å². The van der Waals surface area contributed by atoms with Crippen LogP contribution in [0.25, 0.3) is 21.6 Å². The molecular weight excluding hydrogens is 701 g/mol. The van der Waals surface area contributed by atoms with Gasteiger partial charge in [-0.3, -0.25) is 14.4 Å². The molecule has 3 aliphatic carbocycles. The van der Waals surface area contributed by atoms with E-state index in [9.17, 15) is 22.8 Å². The van der Waals surface area contributed by atoms with Crippen LogP contribution in [0.5, 0.6) is 11.5 Å². The van der Waals surface area contributed by atoms with Gasteiger partial charge in [-0.25, -0.2) is 18.4 Å². The molecule has 3 aromatic rings. The van der Waals surface area contributed by atoms with E-state index < -0.39 is 56.0 Å². The van der Waals surface area contributed by atoms with Crippen molar-refractivity contribution in [2.75, 3.05) is 26.5 Å². The molecule has 2 aromatic heterocycles. The highest BCUT2D eigenvalue weighted by Gasteiger charge is 2.61. The Kier molecular flexibility index (Phi) is 9.96. The molecule has 52 heavy (non-hydrogen) atoms. The summed E-state index contributed by atoms with van der Waals surface area (Å²) >= 11 is 1.52. The fourth-order valence-corrected chi connectivity index (χ4v) is 10.4. The second kappa shape index (κ2) is 14.2. The fraction of sp³-hybridized carbons (Fsp3) is 0.564. The molecule has 3 heterocycles. The van der Waals surface area contributed by atoms with Crippen molar-refractivity contribution < 1.29 is 32.3 Å². The molecule has 2 amide bonds. The van der Waals surface area contributed by atoms with Crippen molar-refractivity contribution in [1.29, 1.82) is 0 Å². The summed E-state index contributed by atoms with van der Waals surface area (Å²) in [6, 6.07) is 5.68. The van der Waals surface area contributed by atoms with E-state index in [1.807, 2.05) is 42.7 Å². The van der Waals surface area contributed by atoms with E-state index >= 15 is 0 Å². The maximum atomic E-state index is 14.3. The summed E-state index contributed by atoms with van der Waals surface area (Å²) in [6.45, 7) is 6.71. The van der Waals surface area contributed by atoms with E-state index in [1.54, 1.807) is 19.1 Å². The van der Waals surface area contributed by atoms with Gasteiger partial charge in [0.1, 0.15) is 39.6 Å². The highest BCUT2D eigenvalue weighted by molar-refractivity contribution is 7.93. The number of pyridine rings is 1. The van der Waals surface area contributed by atoms with Crippen molar-refractivity contribution in [3.8, 4) is 22.2 Å². The number of thiazole rings is 1. The van der Waals surface area contributed by atoms with Crippen LogP contribution < -0.4 is 14.8 Å².